The van der Waals surface area contributed by atoms with Crippen molar-refractivity contribution in [1.29, 1.82) is 0 Å². The first-order valence-electron chi connectivity index (χ1n) is 7.51. The van der Waals surface area contributed by atoms with E-state index in [1.807, 2.05) is 5.51 Å². The van der Waals surface area contributed by atoms with Crippen molar-refractivity contribution in [2.45, 2.75) is 33.2 Å². The van der Waals surface area contributed by atoms with Crippen molar-refractivity contribution in [3.8, 4) is 0 Å². The number of aryl methyl sites for hydroxylation is 1. The molecule has 0 spiro atoms. The molecule has 1 aliphatic rings. The van der Waals surface area contributed by atoms with E-state index in [1.54, 1.807) is 11.3 Å². The third-order valence-electron chi connectivity index (χ3n) is 3.98. The zero-order valence-electron chi connectivity index (χ0n) is 12.9. The van der Waals surface area contributed by atoms with Crippen LogP contribution in [-0.2, 0) is 11.3 Å². The van der Waals surface area contributed by atoms with Crippen molar-refractivity contribution in [2.75, 3.05) is 39.9 Å². The van der Waals surface area contributed by atoms with Crippen LogP contribution in [0.4, 0.5) is 0 Å². The number of hydrogen-bond donors (Lipinski definition) is 1. The Morgan fingerprint density at radius 1 is 1.55 bits per heavy atom. The summed E-state index contributed by atoms with van der Waals surface area (Å²) in [4.78, 5) is 8.13. The van der Waals surface area contributed by atoms with Crippen molar-refractivity contribution >= 4 is 11.3 Å². The number of ether oxygens (including phenoxy) is 1. The average molecular weight is 297 g/mol. The quantitative estimate of drug-likeness (QED) is 0.747. The van der Waals surface area contributed by atoms with E-state index in [2.05, 4.69) is 36.1 Å². The zero-order chi connectivity index (χ0) is 14.4. The number of thiazole rings is 1. The normalized spacial score (nSPS) is 22.8. The Kier molecular flexibility index (Phi) is 5.96. The van der Waals surface area contributed by atoms with Gasteiger partial charge in [-0.15, -0.1) is 11.3 Å². The Morgan fingerprint density at radius 3 is 3.00 bits per heavy atom. The second-order valence-electron chi connectivity index (χ2n) is 6.01. The van der Waals surface area contributed by atoms with Gasteiger partial charge in [0, 0.05) is 36.5 Å². The molecule has 5 heteroatoms. The highest BCUT2D eigenvalue weighted by Crippen LogP contribution is 2.29. The number of hydrogen-bond acceptors (Lipinski definition) is 5. The monoisotopic (exact) mass is 297 g/mol. The smallest absolute Gasteiger partial charge is 0.0798 e. The van der Waals surface area contributed by atoms with Gasteiger partial charge in [-0.3, -0.25) is 0 Å². The van der Waals surface area contributed by atoms with Gasteiger partial charge in [0.1, 0.15) is 0 Å². The Bertz CT molecular complexity index is 402. The van der Waals surface area contributed by atoms with Gasteiger partial charge in [-0.25, -0.2) is 4.98 Å². The fraction of sp³-hybridized carbons (Fsp3) is 0.800. The Labute approximate surface area is 126 Å². The molecule has 0 saturated carbocycles. The summed E-state index contributed by atoms with van der Waals surface area (Å²) in [5.41, 5.74) is 3.39. The maximum absolute atomic E-state index is 5.67. The highest BCUT2D eigenvalue weighted by molar-refractivity contribution is 7.09. The van der Waals surface area contributed by atoms with Crippen LogP contribution in [0.1, 0.15) is 30.3 Å². The summed E-state index contributed by atoms with van der Waals surface area (Å²) < 4.78 is 5.67. The first-order chi connectivity index (χ1) is 9.65. The lowest BCUT2D eigenvalue weighted by Crippen LogP contribution is -2.43. The molecule has 1 saturated heterocycles. The Balaban J connectivity index is 1.88. The highest BCUT2D eigenvalue weighted by atomic mass is 32.1. The maximum atomic E-state index is 5.67. The molecular weight excluding hydrogens is 270 g/mol. The van der Waals surface area contributed by atoms with Crippen LogP contribution in [0.15, 0.2) is 5.51 Å². The molecule has 1 unspecified atom stereocenters. The van der Waals surface area contributed by atoms with Crippen LogP contribution < -0.4 is 5.32 Å². The predicted molar refractivity (Wildman–Crippen MR) is 84.2 cm³/mol. The van der Waals surface area contributed by atoms with E-state index in [-0.39, 0.29) is 5.41 Å². The van der Waals surface area contributed by atoms with E-state index in [0.29, 0.717) is 0 Å². The standard InChI is InChI=1S/C15H27N3OS/c1-4-6-16-9-15(5-7-19-11-15)10-18(3)8-14-13(2)17-12-20-14/h12,16H,4-11H2,1-3H3. The molecule has 114 valence electrons. The molecule has 0 aromatic carbocycles. The Hall–Kier alpha value is -0.490. The predicted octanol–water partition coefficient (Wildman–Crippen LogP) is 2.29. The van der Waals surface area contributed by atoms with Crippen LogP contribution in [0.25, 0.3) is 0 Å². The molecule has 1 aromatic heterocycles. The van der Waals surface area contributed by atoms with Gasteiger partial charge < -0.3 is 15.0 Å². The van der Waals surface area contributed by atoms with Gasteiger partial charge in [0.15, 0.2) is 0 Å². The molecule has 2 rings (SSSR count). The summed E-state index contributed by atoms with van der Waals surface area (Å²) >= 11 is 1.76. The number of nitrogens with one attached hydrogen (secondary N) is 1. The lowest BCUT2D eigenvalue weighted by Gasteiger charge is -2.32. The summed E-state index contributed by atoms with van der Waals surface area (Å²) in [6.07, 6.45) is 2.35. The van der Waals surface area contributed by atoms with E-state index in [0.717, 1.165) is 45.8 Å². The minimum absolute atomic E-state index is 0.280. The third-order valence-corrected chi connectivity index (χ3v) is 4.90. The van der Waals surface area contributed by atoms with Gasteiger partial charge in [0.05, 0.1) is 17.8 Å². The lowest BCUT2D eigenvalue weighted by molar-refractivity contribution is 0.117. The molecule has 0 aliphatic carbocycles. The maximum Gasteiger partial charge on any atom is 0.0798 e. The summed E-state index contributed by atoms with van der Waals surface area (Å²) in [6, 6.07) is 0. The van der Waals surface area contributed by atoms with Crippen molar-refractivity contribution in [3.63, 3.8) is 0 Å². The third kappa shape index (κ3) is 4.25. The largest absolute Gasteiger partial charge is 0.381 e. The van der Waals surface area contributed by atoms with E-state index >= 15 is 0 Å². The van der Waals surface area contributed by atoms with Crippen molar-refractivity contribution in [2.24, 2.45) is 5.41 Å². The summed E-state index contributed by atoms with van der Waals surface area (Å²) in [7, 11) is 2.21. The zero-order valence-corrected chi connectivity index (χ0v) is 13.8. The van der Waals surface area contributed by atoms with Crippen LogP contribution in [0.5, 0.6) is 0 Å². The lowest BCUT2D eigenvalue weighted by atomic mass is 9.86. The molecule has 1 aromatic rings. The van der Waals surface area contributed by atoms with E-state index in [9.17, 15) is 0 Å². The molecular formula is C15H27N3OS. The van der Waals surface area contributed by atoms with E-state index in [1.165, 1.54) is 17.0 Å². The summed E-state index contributed by atoms with van der Waals surface area (Å²) in [6.45, 7) is 10.3. The second kappa shape index (κ2) is 7.50. The molecule has 1 fully saturated rings. The van der Waals surface area contributed by atoms with E-state index < -0.39 is 0 Å². The molecule has 1 N–H and O–H groups in total. The first-order valence-corrected chi connectivity index (χ1v) is 8.39. The van der Waals surface area contributed by atoms with Gasteiger partial charge in [0.25, 0.3) is 0 Å². The highest BCUT2D eigenvalue weighted by Gasteiger charge is 2.35. The van der Waals surface area contributed by atoms with Crippen molar-refractivity contribution in [1.82, 2.24) is 15.2 Å². The van der Waals surface area contributed by atoms with E-state index in [4.69, 9.17) is 4.74 Å². The van der Waals surface area contributed by atoms with Crippen LogP contribution in [0.3, 0.4) is 0 Å². The van der Waals surface area contributed by atoms with Gasteiger partial charge in [0.2, 0.25) is 0 Å². The summed E-state index contributed by atoms with van der Waals surface area (Å²) in [5.74, 6) is 0. The van der Waals surface area contributed by atoms with Crippen LogP contribution in [0.2, 0.25) is 0 Å². The first kappa shape index (κ1) is 15.9. The molecule has 20 heavy (non-hydrogen) atoms. The molecule has 0 radical (unpaired) electrons. The molecule has 0 amide bonds. The number of rotatable bonds is 8. The topological polar surface area (TPSA) is 37.4 Å². The van der Waals surface area contributed by atoms with Gasteiger partial charge >= 0.3 is 0 Å². The minimum Gasteiger partial charge on any atom is -0.381 e. The minimum atomic E-state index is 0.280. The van der Waals surface area contributed by atoms with Crippen molar-refractivity contribution in [3.05, 3.63) is 16.1 Å². The molecule has 0 bridgehead atoms. The fourth-order valence-corrected chi connectivity index (χ4v) is 3.71. The summed E-state index contributed by atoms with van der Waals surface area (Å²) in [5, 5.41) is 3.58. The van der Waals surface area contributed by atoms with Gasteiger partial charge in [-0.05, 0) is 33.4 Å². The van der Waals surface area contributed by atoms with Gasteiger partial charge in [-0.1, -0.05) is 6.92 Å². The fourth-order valence-electron chi connectivity index (χ4n) is 2.85. The second-order valence-corrected chi connectivity index (χ2v) is 6.95. The number of aromatic nitrogens is 1. The van der Waals surface area contributed by atoms with Crippen molar-refractivity contribution < 1.29 is 4.74 Å². The molecule has 2 heterocycles. The van der Waals surface area contributed by atoms with Gasteiger partial charge in [-0.2, -0.15) is 0 Å². The molecule has 1 atom stereocenters. The number of nitrogens with zero attached hydrogens (tertiary/aromatic N) is 2. The Morgan fingerprint density at radius 2 is 2.40 bits per heavy atom. The average Bonchev–Trinajstić information content (AvgIpc) is 3.01. The van der Waals surface area contributed by atoms with Crippen LogP contribution >= 0.6 is 11.3 Å². The SMILES string of the molecule is CCCNCC1(CN(C)Cc2scnc2C)CCOC1. The van der Waals surface area contributed by atoms with Crippen LogP contribution in [-0.4, -0.2) is 49.8 Å². The van der Waals surface area contributed by atoms with Crippen LogP contribution in [0, 0.1) is 12.3 Å². The molecule has 4 nitrogen and oxygen atoms in total. The molecule has 1 aliphatic heterocycles.